The lowest BCUT2D eigenvalue weighted by Crippen LogP contribution is -2.22. The Labute approximate surface area is 95.0 Å². The fraction of sp³-hybridized carbons (Fsp3) is 0.222. The van der Waals surface area contributed by atoms with Gasteiger partial charge >= 0.3 is 0 Å². The zero-order valence-corrected chi connectivity index (χ0v) is 10.1. The van der Waals surface area contributed by atoms with Crippen molar-refractivity contribution in [3.63, 3.8) is 0 Å². The van der Waals surface area contributed by atoms with Crippen LogP contribution in [0.5, 0.6) is 0 Å². The van der Waals surface area contributed by atoms with E-state index in [-0.39, 0.29) is 4.90 Å². The van der Waals surface area contributed by atoms with E-state index in [0.717, 1.165) is 5.69 Å². The molecule has 15 heavy (non-hydrogen) atoms. The van der Waals surface area contributed by atoms with Gasteiger partial charge in [0.05, 0.1) is 10.4 Å². The molecule has 0 fully saturated rings. The van der Waals surface area contributed by atoms with Gasteiger partial charge in [-0.15, -0.1) is 0 Å². The summed E-state index contributed by atoms with van der Waals surface area (Å²) in [6, 6.07) is 6.41. The van der Waals surface area contributed by atoms with Crippen LogP contribution in [0.3, 0.4) is 0 Å². The summed E-state index contributed by atoms with van der Waals surface area (Å²) >= 11 is 4.62. The summed E-state index contributed by atoms with van der Waals surface area (Å²) < 4.78 is 24.5. The first-order valence-corrected chi connectivity index (χ1v) is 6.12. The van der Waals surface area contributed by atoms with Crippen molar-refractivity contribution in [2.45, 2.75) is 4.90 Å². The van der Waals surface area contributed by atoms with Gasteiger partial charge in [0.15, 0.2) is 0 Å². The van der Waals surface area contributed by atoms with Crippen LogP contribution >= 0.6 is 12.2 Å². The third-order valence-corrected chi connectivity index (χ3v) is 3.81. The number of hydrogen-bond donors (Lipinski definition) is 1. The molecular weight excluding hydrogens is 232 g/mol. The molecule has 0 aromatic heterocycles. The Morgan fingerprint density at radius 2 is 1.80 bits per heavy atom. The first-order chi connectivity index (χ1) is 6.98. The Kier molecular flexibility index (Phi) is 3.78. The van der Waals surface area contributed by atoms with Crippen molar-refractivity contribution >= 4 is 33.4 Å². The minimum atomic E-state index is -3.34. The van der Waals surface area contributed by atoms with E-state index in [1.165, 1.54) is 36.0 Å². The summed E-state index contributed by atoms with van der Waals surface area (Å²) in [6.45, 7) is 0. The molecule has 0 aliphatic heterocycles. The second-order valence-electron chi connectivity index (χ2n) is 3.07. The molecule has 0 saturated heterocycles. The van der Waals surface area contributed by atoms with Crippen molar-refractivity contribution in [2.75, 3.05) is 19.4 Å². The minimum Gasteiger partial charge on any atom is -0.353 e. The maximum Gasteiger partial charge on any atom is 0.242 e. The van der Waals surface area contributed by atoms with Crippen LogP contribution in [0.4, 0.5) is 5.69 Å². The predicted octanol–water partition coefficient (Wildman–Crippen LogP) is 1.31. The second-order valence-corrected chi connectivity index (χ2v) is 5.46. The fourth-order valence-corrected chi connectivity index (χ4v) is 2.04. The number of anilines is 1. The van der Waals surface area contributed by atoms with Crippen LogP contribution in [0.1, 0.15) is 0 Å². The van der Waals surface area contributed by atoms with Gasteiger partial charge < -0.3 is 5.32 Å². The van der Waals surface area contributed by atoms with Gasteiger partial charge in [-0.05, 0) is 24.3 Å². The van der Waals surface area contributed by atoms with Crippen molar-refractivity contribution in [1.29, 1.82) is 0 Å². The molecule has 1 aromatic rings. The van der Waals surface area contributed by atoms with Crippen LogP contribution < -0.4 is 5.32 Å². The Hall–Kier alpha value is -0.980. The summed E-state index contributed by atoms with van der Waals surface area (Å²) in [4.78, 5) is 0.266. The minimum absolute atomic E-state index is 0.266. The molecule has 6 heteroatoms. The lowest BCUT2D eigenvalue weighted by molar-refractivity contribution is 0.521. The number of hydrogen-bond acceptors (Lipinski definition) is 3. The molecule has 0 aliphatic carbocycles. The highest BCUT2D eigenvalue weighted by Crippen LogP contribution is 2.15. The summed E-state index contributed by atoms with van der Waals surface area (Å²) in [5, 5.41) is 2.80. The highest BCUT2D eigenvalue weighted by atomic mass is 32.2. The number of sulfonamides is 1. The average Bonchev–Trinajstić information content (AvgIpc) is 2.19. The van der Waals surface area contributed by atoms with E-state index >= 15 is 0 Å². The molecule has 0 aliphatic rings. The zero-order valence-electron chi connectivity index (χ0n) is 8.47. The number of nitrogens with one attached hydrogen (secondary N) is 1. The van der Waals surface area contributed by atoms with E-state index in [1.807, 2.05) is 0 Å². The molecule has 1 aromatic carbocycles. The molecular formula is C9H12N2O2S2. The van der Waals surface area contributed by atoms with E-state index in [4.69, 9.17) is 0 Å². The lowest BCUT2D eigenvalue weighted by Gasteiger charge is -2.11. The fourth-order valence-electron chi connectivity index (χ4n) is 1.00. The van der Waals surface area contributed by atoms with Crippen LogP contribution in [0.2, 0.25) is 0 Å². The topological polar surface area (TPSA) is 49.4 Å². The second kappa shape index (κ2) is 4.69. The van der Waals surface area contributed by atoms with E-state index in [0.29, 0.717) is 0 Å². The molecule has 0 spiro atoms. The van der Waals surface area contributed by atoms with Crippen LogP contribution in [0, 0.1) is 0 Å². The van der Waals surface area contributed by atoms with Crippen molar-refractivity contribution < 1.29 is 8.42 Å². The first-order valence-electron chi connectivity index (χ1n) is 4.21. The molecule has 82 valence electrons. The summed E-state index contributed by atoms with van der Waals surface area (Å²) in [6.07, 6.45) is 0. The van der Waals surface area contributed by atoms with Crippen molar-refractivity contribution in [3.8, 4) is 0 Å². The monoisotopic (exact) mass is 244 g/mol. The van der Waals surface area contributed by atoms with E-state index < -0.39 is 10.0 Å². The van der Waals surface area contributed by atoms with Gasteiger partial charge in [-0.25, -0.2) is 12.7 Å². The van der Waals surface area contributed by atoms with E-state index in [9.17, 15) is 8.42 Å². The van der Waals surface area contributed by atoms with Gasteiger partial charge in [0.1, 0.15) is 0 Å². The quantitative estimate of drug-likeness (QED) is 0.811. The van der Waals surface area contributed by atoms with Gasteiger partial charge in [-0.2, -0.15) is 0 Å². The van der Waals surface area contributed by atoms with E-state index in [2.05, 4.69) is 17.5 Å². The highest BCUT2D eigenvalue weighted by molar-refractivity contribution is 7.89. The molecule has 1 rings (SSSR count). The number of rotatable bonds is 4. The Morgan fingerprint density at radius 1 is 1.27 bits per heavy atom. The molecule has 4 nitrogen and oxygen atoms in total. The predicted molar refractivity (Wildman–Crippen MR) is 64.6 cm³/mol. The van der Waals surface area contributed by atoms with Gasteiger partial charge in [-0.3, -0.25) is 0 Å². The molecule has 0 unspecified atom stereocenters. The maximum absolute atomic E-state index is 11.7. The molecule has 0 heterocycles. The van der Waals surface area contributed by atoms with Gasteiger partial charge in [0.2, 0.25) is 10.0 Å². The lowest BCUT2D eigenvalue weighted by atomic mass is 10.3. The third-order valence-electron chi connectivity index (χ3n) is 1.86. The van der Waals surface area contributed by atoms with Crippen molar-refractivity contribution in [3.05, 3.63) is 24.3 Å². The average molecular weight is 244 g/mol. The van der Waals surface area contributed by atoms with Crippen LogP contribution in [0.25, 0.3) is 0 Å². The number of nitrogens with zero attached hydrogens (tertiary/aromatic N) is 1. The Morgan fingerprint density at radius 3 is 2.20 bits per heavy atom. The Bertz CT molecular complexity index is 438. The standard InChI is InChI=1S/C9H12N2O2S2/c1-11(2)15(12,13)9-5-3-8(4-6-9)10-7-14/h3-7H,1-2H3,(H,10,14). The largest absolute Gasteiger partial charge is 0.353 e. The molecule has 0 saturated carbocycles. The van der Waals surface area contributed by atoms with Crippen molar-refractivity contribution in [1.82, 2.24) is 4.31 Å². The number of benzene rings is 1. The molecule has 0 bridgehead atoms. The van der Waals surface area contributed by atoms with Gasteiger partial charge in [0, 0.05) is 19.8 Å². The maximum atomic E-state index is 11.7. The van der Waals surface area contributed by atoms with Crippen LogP contribution in [-0.4, -0.2) is 32.3 Å². The van der Waals surface area contributed by atoms with E-state index in [1.54, 1.807) is 12.1 Å². The summed E-state index contributed by atoms with van der Waals surface area (Å²) in [7, 11) is -0.342. The first kappa shape index (κ1) is 12.1. The summed E-state index contributed by atoms with van der Waals surface area (Å²) in [5.74, 6) is 0. The van der Waals surface area contributed by atoms with Crippen LogP contribution in [-0.2, 0) is 10.0 Å². The third kappa shape index (κ3) is 2.74. The summed E-state index contributed by atoms with van der Waals surface area (Å²) in [5.41, 5.74) is 2.14. The smallest absolute Gasteiger partial charge is 0.242 e. The molecule has 0 amide bonds. The van der Waals surface area contributed by atoms with Crippen LogP contribution in [0.15, 0.2) is 29.2 Å². The molecule has 1 N–H and O–H groups in total. The van der Waals surface area contributed by atoms with Gasteiger partial charge in [0.25, 0.3) is 0 Å². The number of thiocarbonyl (C=S) groups is 1. The molecule has 0 radical (unpaired) electrons. The Balaban J connectivity index is 3.04. The molecule has 0 atom stereocenters. The van der Waals surface area contributed by atoms with Gasteiger partial charge in [-0.1, -0.05) is 12.2 Å². The van der Waals surface area contributed by atoms with Crippen molar-refractivity contribution in [2.24, 2.45) is 0 Å². The SMILES string of the molecule is CN(C)S(=O)(=O)c1ccc(NC=S)cc1. The zero-order chi connectivity index (χ0) is 11.5. The normalized spacial score (nSPS) is 11.4. The highest BCUT2D eigenvalue weighted by Gasteiger charge is 2.16.